The molecule has 1 saturated heterocycles. The van der Waals surface area contributed by atoms with Crippen LogP contribution in [0.2, 0.25) is 0 Å². The number of halogens is 3. The summed E-state index contributed by atoms with van der Waals surface area (Å²) in [4.78, 5) is 2.14. The second kappa shape index (κ2) is 5.61. The number of nitrogen functional groups attached to an aromatic ring is 1. The highest BCUT2D eigenvalue weighted by molar-refractivity contribution is 5.56. The molecule has 0 aromatic heterocycles. The zero-order chi connectivity index (χ0) is 14.9. The van der Waals surface area contributed by atoms with E-state index in [0.717, 1.165) is 32.0 Å². The number of nitrogens with two attached hydrogens (primary N) is 1. The fourth-order valence-corrected chi connectivity index (χ4v) is 2.69. The monoisotopic (exact) mass is 288 g/mol. The van der Waals surface area contributed by atoms with E-state index in [-0.39, 0.29) is 17.2 Å². The van der Waals surface area contributed by atoms with Crippen molar-refractivity contribution >= 4 is 5.69 Å². The van der Waals surface area contributed by atoms with Crippen LogP contribution in [0, 0.1) is 5.92 Å². The van der Waals surface area contributed by atoms with Crippen molar-refractivity contribution in [3.05, 3.63) is 29.3 Å². The quantitative estimate of drug-likeness (QED) is 0.823. The van der Waals surface area contributed by atoms with Crippen LogP contribution in [0.1, 0.15) is 30.1 Å². The van der Waals surface area contributed by atoms with Crippen LogP contribution in [0.15, 0.2) is 18.2 Å². The summed E-state index contributed by atoms with van der Waals surface area (Å²) in [6.07, 6.45) is -3.92. The molecule has 1 aromatic rings. The van der Waals surface area contributed by atoms with Gasteiger partial charge in [0.15, 0.2) is 0 Å². The summed E-state index contributed by atoms with van der Waals surface area (Å²) in [5.74, 6) is -0.0445. The van der Waals surface area contributed by atoms with E-state index < -0.39 is 17.8 Å². The Bertz CT molecular complexity index is 468. The Labute approximate surface area is 116 Å². The fourth-order valence-electron chi connectivity index (χ4n) is 2.69. The summed E-state index contributed by atoms with van der Waals surface area (Å²) < 4.78 is 38.5. The Hall–Kier alpha value is -1.27. The van der Waals surface area contributed by atoms with Crippen molar-refractivity contribution in [3.63, 3.8) is 0 Å². The normalized spacial score (nSPS) is 20.1. The van der Waals surface area contributed by atoms with Crippen LogP contribution in [-0.4, -0.2) is 30.1 Å². The first-order chi connectivity index (χ1) is 9.30. The molecule has 0 amide bonds. The van der Waals surface area contributed by atoms with Crippen molar-refractivity contribution < 1.29 is 18.3 Å². The van der Waals surface area contributed by atoms with Gasteiger partial charge in [0, 0.05) is 11.3 Å². The van der Waals surface area contributed by atoms with E-state index in [9.17, 15) is 18.3 Å². The van der Waals surface area contributed by atoms with E-state index in [4.69, 9.17) is 5.73 Å². The van der Waals surface area contributed by atoms with Crippen LogP contribution < -0.4 is 5.73 Å². The smallest absolute Gasteiger partial charge is 0.398 e. The van der Waals surface area contributed by atoms with Crippen LogP contribution in [0.3, 0.4) is 0 Å². The second-order valence-corrected chi connectivity index (χ2v) is 5.39. The minimum atomic E-state index is -4.49. The van der Waals surface area contributed by atoms with Crippen molar-refractivity contribution in [1.82, 2.24) is 4.90 Å². The Kier molecular flexibility index (Phi) is 4.25. The van der Waals surface area contributed by atoms with Gasteiger partial charge >= 0.3 is 6.18 Å². The minimum absolute atomic E-state index is 0.0445. The maximum Gasteiger partial charge on any atom is 0.418 e. The van der Waals surface area contributed by atoms with Crippen molar-refractivity contribution in [2.45, 2.75) is 25.1 Å². The first kappa shape index (κ1) is 15.1. The van der Waals surface area contributed by atoms with E-state index in [1.165, 1.54) is 12.1 Å². The Morgan fingerprint density at radius 3 is 2.45 bits per heavy atom. The average molecular weight is 288 g/mol. The van der Waals surface area contributed by atoms with Crippen LogP contribution in [0.25, 0.3) is 0 Å². The first-order valence-electron chi connectivity index (χ1n) is 6.63. The lowest BCUT2D eigenvalue weighted by Crippen LogP contribution is -2.33. The molecular weight excluding hydrogens is 269 g/mol. The van der Waals surface area contributed by atoms with E-state index in [1.54, 1.807) is 0 Å². The van der Waals surface area contributed by atoms with E-state index >= 15 is 0 Å². The number of aliphatic hydroxyl groups excluding tert-OH is 1. The van der Waals surface area contributed by atoms with Gasteiger partial charge in [0.1, 0.15) is 0 Å². The third kappa shape index (κ3) is 3.07. The van der Waals surface area contributed by atoms with Crippen LogP contribution in [-0.2, 0) is 6.18 Å². The maximum absolute atomic E-state index is 12.8. The van der Waals surface area contributed by atoms with Gasteiger partial charge in [-0.1, -0.05) is 12.1 Å². The number of hydrogen-bond acceptors (Lipinski definition) is 3. The van der Waals surface area contributed by atoms with Gasteiger partial charge in [-0.2, -0.15) is 13.2 Å². The molecule has 0 saturated carbocycles. The zero-order valence-electron chi connectivity index (χ0n) is 11.3. The van der Waals surface area contributed by atoms with Gasteiger partial charge in [0.2, 0.25) is 0 Å². The topological polar surface area (TPSA) is 49.5 Å². The van der Waals surface area contributed by atoms with Gasteiger partial charge in [0.25, 0.3) is 0 Å². The number of aliphatic hydroxyl groups is 1. The van der Waals surface area contributed by atoms with Crippen LogP contribution in [0.4, 0.5) is 18.9 Å². The maximum atomic E-state index is 12.8. The number of likely N-dealkylation sites (tertiary alicyclic amines) is 1. The summed E-state index contributed by atoms with van der Waals surface area (Å²) in [5.41, 5.74) is 4.57. The molecule has 3 nitrogen and oxygen atoms in total. The fraction of sp³-hybridized carbons (Fsp3) is 0.571. The number of alkyl halides is 3. The molecule has 0 spiro atoms. The van der Waals surface area contributed by atoms with Gasteiger partial charge in [-0.3, -0.25) is 0 Å². The molecule has 3 N–H and O–H groups in total. The third-order valence-corrected chi connectivity index (χ3v) is 3.97. The van der Waals surface area contributed by atoms with Crippen molar-refractivity contribution in [3.8, 4) is 0 Å². The van der Waals surface area contributed by atoms with Gasteiger partial charge < -0.3 is 15.7 Å². The summed E-state index contributed by atoms with van der Waals surface area (Å²) in [5, 5.41) is 10.3. The molecule has 0 radical (unpaired) electrons. The molecule has 1 atom stereocenters. The average Bonchev–Trinajstić information content (AvgIpc) is 2.37. The number of rotatable bonds is 2. The molecule has 1 aliphatic heterocycles. The number of nitrogens with zero attached hydrogens (tertiary/aromatic N) is 1. The Morgan fingerprint density at radius 2 is 1.90 bits per heavy atom. The number of para-hydroxylation sites is 1. The highest BCUT2D eigenvalue weighted by Gasteiger charge is 2.35. The Morgan fingerprint density at radius 1 is 1.30 bits per heavy atom. The third-order valence-electron chi connectivity index (χ3n) is 3.97. The highest BCUT2D eigenvalue weighted by atomic mass is 19.4. The first-order valence-corrected chi connectivity index (χ1v) is 6.63. The minimum Gasteiger partial charge on any atom is -0.398 e. The lowest BCUT2D eigenvalue weighted by Gasteiger charge is -2.32. The van der Waals surface area contributed by atoms with Gasteiger partial charge in [0.05, 0.1) is 11.7 Å². The lowest BCUT2D eigenvalue weighted by atomic mass is 9.86. The largest absolute Gasteiger partial charge is 0.418 e. The van der Waals surface area contributed by atoms with Crippen molar-refractivity contribution in [1.29, 1.82) is 0 Å². The van der Waals surface area contributed by atoms with Crippen molar-refractivity contribution in [2.75, 3.05) is 25.9 Å². The summed E-state index contributed by atoms with van der Waals surface area (Å²) in [7, 11) is 1.99. The SMILES string of the molecule is CN1CCC(C(O)c2cccc(C(F)(F)F)c2N)CC1. The van der Waals surface area contributed by atoms with Gasteiger partial charge in [-0.15, -0.1) is 0 Å². The molecule has 2 rings (SSSR count). The molecule has 1 aliphatic rings. The predicted molar refractivity (Wildman–Crippen MR) is 71.0 cm³/mol. The highest BCUT2D eigenvalue weighted by Crippen LogP contribution is 2.39. The second-order valence-electron chi connectivity index (χ2n) is 5.39. The lowest BCUT2D eigenvalue weighted by molar-refractivity contribution is -0.137. The van der Waals surface area contributed by atoms with E-state index in [1.807, 2.05) is 7.05 Å². The molecule has 1 heterocycles. The Balaban J connectivity index is 2.24. The molecule has 1 fully saturated rings. The standard InChI is InChI=1S/C14H19F3N2O/c1-19-7-5-9(6-8-19)13(20)10-3-2-4-11(12(10)18)14(15,16)17/h2-4,9,13,20H,5-8,18H2,1H3. The molecule has 112 valence electrons. The predicted octanol–water partition coefficient (Wildman–Crippen LogP) is 2.66. The zero-order valence-corrected chi connectivity index (χ0v) is 11.3. The molecule has 6 heteroatoms. The van der Waals surface area contributed by atoms with Crippen molar-refractivity contribution in [2.24, 2.45) is 5.92 Å². The molecular formula is C14H19F3N2O. The summed E-state index contributed by atoms with van der Waals surface area (Å²) >= 11 is 0. The van der Waals surface area contributed by atoms with Gasteiger partial charge in [-0.05, 0) is 45.0 Å². The molecule has 1 unspecified atom stereocenters. The van der Waals surface area contributed by atoms with Crippen LogP contribution in [0.5, 0.6) is 0 Å². The number of hydrogen-bond donors (Lipinski definition) is 2. The number of anilines is 1. The molecule has 1 aromatic carbocycles. The molecule has 0 aliphatic carbocycles. The summed E-state index contributed by atoms with van der Waals surface area (Å²) in [6.45, 7) is 1.67. The van der Waals surface area contributed by atoms with E-state index in [2.05, 4.69) is 4.90 Å². The number of benzene rings is 1. The van der Waals surface area contributed by atoms with Crippen LogP contribution >= 0.6 is 0 Å². The number of piperidine rings is 1. The molecule has 0 bridgehead atoms. The van der Waals surface area contributed by atoms with Gasteiger partial charge in [-0.25, -0.2) is 0 Å². The summed E-state index contributed by atoms with van der Waals surface area (Å²) in [6, 6.07) is 3.72. The van der Waals surface area contributed by atoms with E-state index in [0.29, 0.717) is 0 Å². The molecule has 20 heavy (non-hydrogen) atoms.